The van der Waals surface area contributed by atoms with Crippen LogP contribution in [0.25, 0.3) is 0 Å². The molecule has 2 rings (SSSR count). The van der Waals surface area contributed by atoms with E-state index < -0.39 is 0 Å². The number of nitrogens with zero attached hydrogens (tertiary/aromatic N) is 2. The largest absolute Gasteiger partial charge is 0.286 e. The summed E-state index contributed by atoms with van der Waals surface area (Å²) in [5, 5.41) is 0. The average molecular weight is 208 g/mol. The van der Waals surface area contributed by atoms with E-state index in [1.165, 1.54) is 0 Å². The molecule has 2 aliphatic heterocycles. The van der Waals surface area contributed by atoms with Gasteiger partial charge in [-0.05, 0) is 29.9 Å². The van der Waals surface area contributed by atoms with Crippen LogP contribution in [0.2, 0.25) is 0 Å². The molecule has 0 amide bonds. The van der Waals surface area contributed by atoms with E-state index in [1.54, 1.807) is 12.4 Å². The molecule has 16 heavy (non-hydrogen) atoms. The van der Waals surface area contributed by atoms with Crippen LogP contribution in [0.3, 0.4) is 0 Å². The van der Waals surface area contributed by atoms with E-state index in [0.717, 1.165) is 16.8 Å². The van der Waals surface area contributed by atoms with Crippen LogP contribution < -0.4 is 0 Å². The van der Waals surface area contributed by atoms with Crippen LogP contribution in [-0.4, -0.2) is 19.0 Å². The van der Waals surface area contributed by atoms with Crippen molar-refractivity contribution in [1.29, 1.82) is 0 Å². The maximum absolute atomic E-state index is 4.25. The van der Waals surface area contributed by atoms with Crippen molar-refractivity contribution in [2.24, 2.45) is 9.98 Å². The highest BCUT2D eigenvalue weighted by atomic mass is 14.8. The summed E-state index contributed by atoms with van der Waals surface area (Å²) in [6.07, 6.45) is 15.1. The van der Waals surface area contributed by atoms with Crippen molar-refractivity contribution in [2.75, 3.05) is 6.54 Å². The fraction of sp³-hybridized carbons (Fsp3) is 0.0714. The van der Waals surface area contributed by atoms with E-state index in [0.29, 0.717) is 6.54 Å². The van der Waals surface area contributed by atoms with Gasteiger partial charge in [-0.25, -0.2) is 0 Å². The van der Waals surface area contributed by atoms with Crippen LogP contribution in [0.5, 0.6) is 0 Å². The highest BCUT2D eigenvalue weighted by Gasteiger charge is 1.95. The third-order valence-corrected chi connectivity index (χ3v) is 2.10. The summed E-state index contributed by atoms with van der Waals surface area (Å²) in [5.41, 5.74) is 5.97. The zero-order valence-corrected chi connectivity index (χ0v) is 8.93. The van der Waals surface area contributed by atoms with Crippen LogP contribution in [0.4, 0.5) is 0 Å². The van der Waals surface area contributed by atoms with Crippen LogP contribution in [-0.2, 0) is 0 Å². The van der Waals surface area contributed by atoms with E-state index in [2.05, 4.69) is 22.3 Å². The maximum Gasteiger partial charge on any atom is 0.104 e. The van der Waals surface area contributed by atoms with Crippen molar-refractivity contribution >= 4 is 12.4 Å². The first-order valence-electron chi connectivity index (χ1n) is 5.08. The van der Waals surface area contributed by atoms with Crippen molar-refractivity contribution in [2.45, 2.75) is 0 Å². The third-order valence-electron chi connectivity index (χ3n) is 2.10. The Kier molecular flexibility index (Phi) is 3.27. The smallest absolute Gasteiger partial charge is 0.104 e. The van der Waals surface area contributed by atoms with Crippen molar-refractivity contribution < 1.29 is 0 Å². The SMILES string of the molecule is C=C1/C=C\C=N/CC2=C=C(C=CC=N2)/C=C\1. The minimum Gasteiger partial charge on any atom is -0.286 e. The molecule has 0 unspecified atom stereocenters. The van der Waals surface area contributed by atoms with Gasteiger partial charge in [0.15, 0.2) is 0 Å². The molecular weight excluding hydrogens is 196 g/mol. The van der Waals surface area contributed by atoms with Crippen molar-refractivity contribution in [3.63, 3.8) is 0 Å². The van der Waals surface area contributed by atoms with Gasteiger partial charge < -0.3 is 0 Å². The minimum absolute atomic E-state index is 0.548. The summed E-state index contributed by atoms with van der Waals surface area (Å²) >= 11 is 0. The summed E-state index contributed by atoms with van der Waals surface area (Å²) in [6.45, 7) is 4.46. The quantitative estimate of drug-likeness (QED) is 0.547. The minimum atomic E-state index is 0.548. The Hall–Kier alpha value is -2.18. The van der Waals surface area contributed by atoms with Crippen LogP contribution in [0, 0.1) is 0 Å². The fourth-order valence-electron chi connectivity index (χ4n) is 1.32. The first-order chi connectivity index (χ1) is 7.84. The molecule has 0 atom stereocenters. The normalized spacial score (nSPS) is 24.9. The van der Waals surface area contributed by atoms with Gasteiger partial charge in [-0.15, -0.1) is 0 Å². The molecule has 0 aromatic heterocycles. The second-order valence-corrected chi connectivity index (χ2v) is 3.42. The van der Waals surface area contributed by atoms with Crippen LogP contribution in [0.1, 0.15) is 0 Å². The van der Waals surface area contributed by atoms with Gasteiger partial charge in [0.05, 0.1) is 6.54 Å². The molecule has 0 aliphatic carbocycles. The van der Waals surface area contributed by atoms with E-state index >= 15 is 0 Å². The summed E-state index contributed by atoms with van der Waals surface area (Å²) < 4.78 is 0. The molecule has 0 fully saturated rings. The average Bonchev–Trinajstić information content (AvgIpc) is 2.52. The van der Waals surface area contributed by atoms with Gasteiger partial charge in [0, 0.05) is 18.0 Å². The molecule has 78 valence electrons. The molecule has 0 saturated carbocycles. The van der Waals surface area contributed by atoms with Gasteiger partial charge in [-0.1, -0.05) is 24.5 Å². The molecule has 2 aliphatic rings. The van der Waals surface area contributed by atoms with Crippen molar-refractivity contribution in [1.82, 2.24) is 0 Å². The summed E-state index contributed by atoms with van der Waals surface area (Å²) in [5.74, 6) is 0. The van der Waals surface area contributed by atoms with Gasteiger partial charge in [0.2, 0.25) is 0 Å². The molecule has 0 saturated heterocycles. The zero-order valence-electron chi connectivity index (χ0n) is 8.93. The molecule has 0 aromatic rings. The van der Waals surface area contributed by atoms with Gasteiger partial charge >= 0.3 is 0 Å². The predicted molar refractivity (Wildman–Crippen MR) is 69.0 cm³/mol. The molecule has 2 heterocycles. The van der Waals surface area contributed by atoms with E-state index in [-0.39, 0.29) is 0 Å². The topological polar surface area (TPSA) is 24.7 Å². The van der Waals surface area contributed by atoms with Crippen molar-refractivity contribution in [3.05, 3.63) is 65.6 Å². The standard InChI is InChI=1S/C14H12N2/c1-12-4-2-8-15-11-14-10-13(7-6-12)5-3-9-16-14/h2-9H,1,11H2/b4-2-,7-6-,15-8-. The Labute approximate surface area is 95.1 Å². The number of allylic oxidation sites excluding steroid dienone is 7. The van der Waals surface area contributed by atoms with Gasteiger partial charge in [-0.3, -0.25) is 9.98 Å². The predicted octanol–water partition coefficient (Wildman–Crippen LogP) is 2.79. The number of hydrogen-bond donors (Lipinski definition) is 0. The van der Waals surface area contributed by atoms with Gasteiger partial charge in [-0.2, -0.15) is 0 Å². The van der Waals surface area contributed by atoms with Crippen molar-refractivity contribution in [3.8, 4) is 0 Å². The van der Waals surface area contributed by atoms with E-state index in [4.69, 9.17) is 0 Å². The molecule has 2 bridgehead atoms. The van der Waals surface area contributed by atoms with E-state index in [9.17, 15) is 0 Å². The Morgan fingerprint density at radius 1 is 1.06 bits per heavy atom. The second kappa shape index (κ2) is 5.06. The van der Waals surface area contributed by atoms with E-state index in [1.807, 2.05) is 36.5 Å². The summed E-state index contributed by atoms with van der Waals surface area (Å²) in [6, 6.07) is 0. The van der Waals surface area contributed by atoms with Gasteiger partial charge in [0.25, 0.3) is 0 Å². The lowest BCUT2D eigenvalue weighted by atomic mass is 10.2. The van der Waals surface area contributed by atoms with Crippen LogP contribution >= 0.6 is 0 Å². The number of aliphatic imine (C=N–C) groups is 2. The lowest BCUT2D eigenvalue weighted by molar-refractivity contribution is 1.12. The fourth-order valence-corrected chi connectivity index (χ4v) is 1.32. The number of hydrogen-bond acceptors (Lipinski definition) is 2. The lowest BCUT2D eigenvalue weighted by Gasteiger charge is -1.90. The second-order valence-electron chi connectivity index (χ2n) is 3.42. The Bertz CT molecular complexity index is 505. The highest BCUT2D eigenvalue weighted by molar-refractivity contribution is 5.75. The summed E-state index contributed by atoms with van der Waals surface area (Å²) in [4.78, 5) is 8.48. The molecule has 0 N–H and O–H groups in total. The highest BCUT2D eigenvalue weighted by Crippen LogP contribution is 2.08. The number of rotatable bonds is 0. The van der Waals surface area contributed by atoms with Crippen LogP contribution in [0.15, 0.2) is 75.6 Å². The molecule has 0 aromatic carbocycles. The molecule has 2 heteroatoms. The first-order valence-corrected chi connectivity index (χ1v) is 5.08. The first kappa shape index (κ1) is 10.3. The maximum atomic E-state index is 4.25. The molecule has 0 radical (unpaired) electrons. The Morgan fingerprint density at radius 3 is 2.88 bits per heavy atom. The molecular formula is C14H12N2. The van der Waals surface area contributed by atoms with Gasteiger partial charge in [0.1, 0.15) is 5.70 Å². The lowest BCUT2D eigenvalue weighted by Crippen LogP contribution is -1.83. The third kappa shape index (κ3) is 2.91. The molecule has 0 spiro atoms. The Balaban J connectivity index is 2.43. The summed E-state index contributed by atoms with van der Waals surface area (Å²) in [7, 11) is 0. The monoisotopic (exact) mass is 208 g/mol. The zero-order chi connectivity index (χ0) is 11.2. The molecule has 2 nitrogen and oxygen atoms in total. The Morgan fingerprint density at radius 2 is 1.94 bits per heavy atom.